The van der Waals surface area contributed by atoms with Gasteiger partial charge >= 0.3 is 0 Å². The zero-order valence-electron chi connectivity index (χ0n) is 16.3. The first-order valence-corrected chi connectivity index (χ1v) is 12.8. The van der Waals surface area contributed by atoms with Gasteiger partial charge in [-0.3, -0.25) is 4.55 Å². The van der Waals surface area contributed by atoms with Crippen LogP contribution in [-0.2, 0) is 16.7 Å². The van der Waals surface area contributed by atoms with E-state index in [-0.39, 0.29) is 0 Å². The Hall–Kier alpha value is -1.21. The number of rotatable bonds is 4. The van der Waals surface area contributed by atoms with Crippen LogP contribution in [0, 0.1) is 17.8 Å². The second kappa shape index (κ2) is 7.90. The molecule has 4 saturated carbocycles. The molecule has 1 aromatic heterocycles. The van der Waals surface area contributed by atoms with E-state index >= 15 is 0 Å². The zero-order chi connectivity index (χ0) is 19.8. The van der Waals surface area contributed by atoms with Gasteiger partial charge in [0.25, 0.3) is 10.1 Å². The summed E-state index contributed by atoms with van der Waals surface area (Å²) >= 11 is 1.82. The molecule has 0 saturated heterocycles. The van der Waals surface area contributed by atoms with Gasteiger partial charge in [-0.05, 0) is 78.9 Å². The molecular weight excluding hydrogens is 390 g/mol. The quantitative estimate of drug-likeness (QED) is 0.686. The summed E-state index contributed by atoms with van der Waals surface area (Å²) in [4.78, 5) is 1.37. The SMILES string of the molecule is CS(=O)(=O)O.c1csc(-c2ccc(CNC34CC5CC(CC(C5)C3)C4)cc2)c1. The summed E-state index contributed by atoms with van der Waals surface area (Å²) in [7, 11) is -3.67. The third kappa shape index (κ3) is 5.03. The van der Waals surface area contributed by atoms with E-state index in [2.05, 4.69) is 47.1 Å². The molecule has 4 aliphatic carbocycles. The van der Waals surface area contributed by atoms with Crippen LogP contribution < -0.4 is 5.32 Å². The number of hydrogen-bond acceptors (Lipinski definition) is 4. The Labute approximate surface area is 172 Å². The van der Waals surface area contributed by atoms with E-state index in [1.165, 1.54) is 54.5 Å². The second-order valence-electron chi connectivity index (χ2n) is 8.96. The Bertz CT molecular complexity index is 845. The van der Waals surface area contributed by atoms with Crippen molar-refractivity contribution >= 4 is 21.5 Å². The van der Waals surface area contributed by atoms with E-state index in [1.54, 1.807) is 0 Å². The molecule has 4 fully saturated rings. The lowest BCUT2D eigenvalue weighted by Gasteiger charge is -2.57. The lowest BCUT2D eigenvalue weighted by molar-refractivity contribution is -0.0206. The van der Waals surface area contributed by atoms with Crippen LogP contribution in [0.1, 0.15) is 44.1 Å². The van der Waals surface area contributed by atoms with Crippen molar-refractivity contribution in [2.75, 3.05) is 6.26 Å². The van der Waals surface area contributed by atoms with Crippen molar-refractivity contribution in [2.45, 2.75) is 50.6 Å². The zero-order valence-corrected chi connectivity index (χ0v) is 17.9. The highest BCUT2D eigenvalue weighted by atomic mass is 32.2. The van der Waals surface area contributed by atoms with E-state index < -0.39 is 10.1 Å². The van der Waals surface area contributed by atoms with Gasteiger partial charge in [0.15, 0.2) is 0 Å². The molecule has 0 amide bonds. The highest BCUT2D eigenvalue weighted by molar-refractivity contribution is 7.85. The van der Waals surface area contributed by atoms with Gasteiger partial charge in [-0.25, -0.2) is 0 Å². The molecule has 6 rings (SSSR count). The predicted molar refractivity (Wildman–Crippen MR) is 115 cm³/mol. The molecule has 0 spiro atoms. The number of thiophene rings is 1. The van der Waals surface area contributed by atoms with Crippen LogP contribution in [0.5, 0.6) is 0 Å². The second-order valence-corrected chi connectivity index (χ2v) is 11.4. The van der Waals surface area contributed by atoms with Gasteiger partial charge in [0.2, 0.25) is 0 Å². The highest BCUT2D eigenvalue weighted by Crippen LogP contribution is 2.55. The third-order valence-corrected chi connectivity index (χ3v) is 7.38. The first-order valence-electron chi connectivity index (χ1n) is 10.1. The summed E-state index contributed by atoms with van der Waals surface area (Å²) in [6, 6.07) is 13.5. The summed E-state index contributed by atoms with van der Waals surface area (Å²) in [5.74, 6) is 3.07. The maximum Gasteiger partial charge on any atom is 0.261 e. The van der Waals surface area contributed by atoms with Gasteiger partial charge in [-0.1, -0.05) is 30.3 Å². The van der Waals surface area contributed by atoms with E-state index in [0.717, 1.165) is 24.3 Å². The monoisotopic (exact) mass is 419 g/mol. The van der Waals surface area contributed by atoms with Gasteiger partial charge < -0.3 is 5.32 Å². The van der Waals surface area contributed by atoms with E-state index in [4.69, 9.17) is 4.55 Å². The summed E-state index contributed by atoms with van der Waals surface area (Å²) in [5.41, 5.74) is 3.25. The highest BCUT2D eigenvalue weighted by Gasteiger charge is 2.50. The average molecular weight is 420 g/mol. The fourth-order valence-corrected chi connectivity index (χ4v) is 6.58. The molecule has 1 heterocycles. The van der Waals surface area contributed by atoms with E-state index in [0.29, 0.717) is 11.8 Å². The topological polar surface area (TPSA) is 66.4 Å². The molecule has 2 aromatic rings. The molecular formula is C22H29NO3S2. The van der Waals surface area contributed by atoms with Crippen molar-refractivity contribution in [3.63, 3.8) is 0 Å². The number of hydrogen-bond donors (Lipinski definition) is 2. The van der Waals surface area contributed by atoms with Crippen LogP contribution in [0.15, 0.2) is 41.8 Å². The minimum absolute atomic E-state index is 0.473. The maximum absolute atomic E-state index is 9.19. The summed E-state index contributed by atoms with van der Waals surface area (Å²) in [5, 5.41) is 6.15. The molecule has 0 aliphatic heterocycles. The minimum atomic E-state index is -3.67. The Balaban J connectivity index is 0.000000346. The molecule has 152 valence electrons. The Morgan fingerprint density at radius 1 is 1.04 bits per heavy atom. The Morgan fingerprint density at radius 3 is 2.04 bits per heavy atom. The standard InChI is InChI=1S/C21H25NS.CH4O3S/c1-2-20(23-7-1)19-5-3-15(4-6-19)14-22-21-11-16-8-17(12-21)10-18(9-16)13-21;1-5(2,3)4/h1-7,16-18,22H,8-14H2;1H3,(H,2,3,4). The number of benzene rings is 1. The Kier molecular flexibility index (Phi) is 5.67. The molecule has 0 radical (unpaired) electrons. The van der Waals surface area contributed by atoms with Crippen LogP contribution in [0.25, 0.3) is 10.4 Å². The van der Waals surface area contributed by atoms with Crippen LogP contribution in [-0.4, -0.2) is 24.8 Å². The number of nitrogens with one attached hydrogen (secondary N) is 1. The smallest absolute Gasteiger partial charge is 0.261 e. The van der Waals surface area contributed by atoms with E-state index in [1.807, 2.05) is 11.3 Å². The van der Waals surface area contributed by atoms with Gasteiger partial charge in [-0.15, -0.1) is 11.3 Å². The summed E-state index contributed by atoms with van der Waals surface area (Å²) < 4.78 is 25.9. The lowest BCUT2D eigenvalue weighted by atomic mass is 9.53. The molecule has 4 bridgehead atoms. The Morgan fingerprint density at radius 2 is 1.57 bits per heavy atom. The average Bonchev–Trinajstić information content (AvgIpc) is 3.12. The van der Waals surface area contributed by atoms with Crippen LogP contribution in [0.2, 0.25) is 0 Å². The van der Waals surface area contributed by atoms with Gasteiger partial charge in [0.05, 0.1) is 6.26 Å². The minimum Gasteiger partial charge on any atom is -0.307 e. The van der Waals surface area contributed by atoms with E-state index in [9.17, 15) is 8.42 Å². The molecule has 2 N–H and O–H groups in total. The van der Waals surface area contributed by atoms with Crippen molar-refractivity contribution in [1.29, 1.82) is 0 Å². The molecule has 6 heteroatoms. The van der Waals surface area contributed by atoms with Crippen LogP contribution in [0.4, 0.5) is 0 Å². The lowest BCUT2D eigenvalue weighted by Crippen LogP contribution is -2.58. The molecule has 4 nitrogen and oxygen atoms in total. The van der Waals surface area contributed by atoms with Crippen molar-refractivity contribution in [2.24, 2.45) is 17.8 Å². The molecule has 28 heavy (non-hydrogen) atoms. The van der Waals surface area contributed by atoms with Gasteiger partial charge in [-0.2, -0.15) is 8.42 Å². The normalized spacial score (nSPS) is 30.7. The van der Waals surface area contributed by atoms with Gasteiger partial charge in [0, 0.05) is 17.0 Å². The molecule has 4 aliphatic rings. The van der Waals surface area contributed by atoms with Crippen LogP contribution >= 0.6 is 11.3 Å². The first kappa shape index (κ1) is 20.1. The van der Waals surface area contributed by atoms with Crippen molar-refractivity contribution in [3.05, 3.63) is 47.3 Å². The van der Waals surface area contributed by atoms with Crippen molar-refractivity contribution < 1.29 is 13.0 Å². The third-order valence-electron chi connectivity index (χ3n) is 6.47. The maximum atomic E-state index is 9.19. The first-order chi connectivity index (χ1) is 13.3. The molecule has 0 unspecified atom stereocenters. The molecule has 0 atom stereocenters. The predicted octanol–water partition coefficient (Wildman–Crippen LogP) is 4.98. The van der Waals surface area contributed by atoms with Crippen molar-refractivity contribution in [3.8, 4) is 10.4 Å². The summed E-state index contributed by atoms with van der Waals surface area (Å²) in [6.07, 6.45) is 9.60. The largest absolute Gasteiger partial charge is 0.307 e. The fraction of sp³-hybridized carbons (Fsp3) is 0.545. The van der Waals surface area contributed by atoms with Crippen LogP contribution in [0.3, 0.4) is 0 Å². The van der Waals surface area contributed by atoms with Gasteiger partial charge in [0.1, 0.15) is 0 Å². The fourth-order valence-electron chi connectivity index (χ4n) is 5.85. The van der Waals surface area contributed by atoms with Crippen molar-refractivity contribution in [1.82, 2.24) is 5.32 Å². The molecule has 1 aromatic carbocycles. The summed E-state index contributed by atoms with van der Waals surface area (Å²) in [6.45, 7) is 1.04.